The zero-order valence-electron chi connectivity index (χ0n) is 11.0. The molecule has 5 heteroatoms. The van der Waals surface area contributed by atoms with Crippen LogP contribution < -0.4 is 16.4 Å². The van der Waals surface area contributed by atoms with Crippen LogP contribution in [0.2, 0.25) is 0 Å². The molecule has 0 atom stereocenters. The van der Waals surface area contributed by atoms with E-state index in [9.17, 15) is 4.79 Å². The number of hydrogen-bond acceptors (Lipinski definition) is 3. The highest BCUT2D eigenvalue weighted by Gasteiger charge is 2.46. The average Bonchev–Trinajstić information content (AvgIpc) is 3.20. The Hall–Kier alpha value is -2.56. The van der Waals surface area contributed by atoms with Gasteiger partial charge in [0.05, 0.1) is 5.54 Å². The summed E-state index contributed by atoms with van der Waals surface area (Å²) < 4.78 is 0. The number of nitrogens with two attached hydrogens (primary N) is 1. The number of nitrogens with one attached hydrogen (secondary N) is 2. The van der Waals surface area contributed by atoms with Crippen molar-refractivity contribution in [3.05, 3.63) is 54.4 Å². The van der Waals surface area contributed by atoms with Crippen molar-refractivity contribution < 1.29 is 4.79 Å². The zero-order chi connectivity index (χ0) is 14.0. The normalized spacial score (nSPS) is 15.4. The Balaban J connectivity index is 1.72. The molecule has 0 spiro atoms. The smallest absolute Gasteiger partial charge is 0.319 e. The lowest BCUT2D eigenvalue weighted by Crippen LogP contribution is -2.38. The van der Waals surface area contributed by atoms with E-state index in [0.29, 0.717) is 11.4 Å². The molecule has 1 fully saturated rings. The lowest BCUT2D eigenvalue weighted by molar-refractivity contribution is 0.247. The fourth-order valence-electron chi connectivity index (χ4n) is 2.33. The number of anilines is 2. The molecule has 1 saturated carbocycles. The number of hydrogen-bond donors (Lipinski definition) is 3. The molecular weight excluding hydrogens is 252 g/mol. The van der Waals surface area contributed by atoms with Crippen LogP contribution in [-0.2, 0) is 5.54 Å². The van der Waals surface area contributed by atoms with Crippen LogP contribution in [0.15, 0.2) is 48.8 Å². The molecule has 20 heavy (non-hydrogen) atoms. The minimum absolute atomic E-state index is 0.225. The first-order valence-corrected chi connectivity index (χ1v) is 6.54. The molecule has 1 aliphatic rings. The summed E-state index contributed by atoms with van der Waals surface area (Å²) in [7, 11) is 0. The lowest BCUT2D eigenvalue weighted by atomic mass is 10.0. The van der Waals surface area contributed by atoms with Gasteiger partial charge in [-0.25, -0.2) is 4.79 Å². The van der Waals surface area contributed by atoms with E-state index < -0.39 is 0 Å². The second-order valence-electron chi connectivity index (χ2n) is 4.98. The summed E-state index contributed by atoms with van der Waals surface area (Å²) in [6, 6.07) is 10.9. The summed E-state index contributed by atoms with van der Waals surface area (Å²) in [6.07, 6.45) is 5.09. The van der Waals surface area contributed by atoms with Gasteiger partial charge in [0.1, 0.15) is 0 Å². The van der Waals surface area contributed by atoms with Crippen molar-refractivity contribution in [3.8, 4) is 0 Å². The van der Waals surface area contributed by atoms with E-state index in [0.717, 1.165) is 18.4 Å². The first-order chi connectivity index (χ1) is 9.70. The van der Waals surface area contributed by atoms with Crippen molar-refractivity contribution in [1.29, 1.82) is 0 Å². The molecule has 2 aromatic rings. The second kappa shape index (κ2) is 4.85. The highest BCUT2D eigenvalue weighted by molar-refractivity contribution is 5.90. The molecular formula is C15H16N4O. The molecule has 102 valence electrons. The van der Waals surface area contributed by atoms with E-state index in [-0.39, 0.29) is 11.6 Å². The highest BCUT2D eigenvalue weighted by Crippen LogP contribution is 2.47. The Bertz CT molecular complexity index is 623. The van der Waals surface area contributed by atoms with Crippen LogP contribution in [-0.4, -0.2) is 11.0 Å². The Kier molecular flexibility index (Phi) is 3.02. The van der Waals surface area contributed by atoms with Crippen LogP contribution in [0.3, 0.4) is 0 Å². The van der Waals surface area contributed by atoms with Crippen LogP contribution in [0.25, 0.3) is 0 Å². The third kappa shape index (κ3) is 2.42. The second-order valence-corrected chi connectivity index (χ2v) is 4.98. The number of nitrogens with zero attached hydrogens (tertiary/aromatic N) is 1. The molecule has 0 saturated heterocycles. The van der Waals surface area contributed by atoms with Crippen LogP contribution in [0.4, 0.5) is 16.2 Å². The van der Waals surface area contributed by atoms with Gasteiger partial charge in [0, 0.05) is 29.3 Å². The van der Waals surface area contributed by atoms with Crippen LogP contribution >= 0.6 is 0 Å². The Morgan fingerprint density at radius 1 is 1.15 bits per heavy atom. The number of carbonyl (C=O) groups excluding carboxylic acids is 1. The maximum absolute atomic E-state index is 12.1. The first-order valence-electron chi connectivity index (χ1n) is 6.54. The number of amides is 2. The number of urea groups is 1. The predicted octanol–water partition coefficient (Wildman–Crippen LogP) is 2.47. The van der Waals surface area contributed by atoms with Gasteiger partial charge in [-0.1, -0.05) is 18.2 Å². The Morgan fingerprint density at radius 2 is 1.85 bits per heavy atom. The topological polar surface area (TPSA) is 80.0 Å². The van der Waals surface area contributed by atoms with Gasteiger partial charge in [-0.2, -0.15) is 0 Å². The third-order valence-corrected chi connectivity index (χ3v) is 3.52. The number of nitrogen functional groups attached to an aromatic ring is 1. The van der Waals surface area contributed by atoms with E-state index in [1.807, 2.05) is 24.3 Å². The molecule has 0 bridgehead atoms. The Labute approximate surface area is 117 Å². The molecule has 0 radical (unpaired) electrons. The van der Waals surface area contributed by atoms with Gasteiger partial charge in [0.25, 0.3) is 0 Å². The number of pyridine rings is 1. The number of aromatic nitrogens is 1. The molecule has 0 aliphatic heterocycles. The van der Waals surface area contributed by atoms with E-state index in [4.69, 9.17) is 5.73 Å². The standard InChI is InChI=1S/C15H16N4O/c16-13-4-2-1-3-12(13)15(7-8-15)19-14(20)18-11-5-9-17-10-6-11/h1-6,9-10H,7-8,16H2,(H2,17,18,19,20). The minimum Gasteiger partial charge on any atom is -0.398 e. The quantitative estimate of drug-likeness (QED) is 0.748. The van der Waals surface area contributed by atoms with Crippen LogP contribution in [0, 0.1) is 0 Å². The zero-order valence-corrected chi connectivity index (χ0v) is 11.0. The number of rotatable bonds is 3. The summed E-state index contributed by atoms with van der Waals surface area (Å²) in [5, 5.41) is 5.82. The molecule has 0 unspecified atom stereocenters. The largest absolute Gasteiger partial charge is 0.398 e. The van der Waals surface area contributed by atoms with Crippen molar-refractivity contribution in [2.75, 3.05) is 11.1 Å². The first kappa shape index (κ1) is 12.5. The molecule has 1 aromatic carbocycles. The average molecular weight is 268 g/mol. The number of carbonyl (C=O) groups is 1. The minimum atomic E-state index is -0.317. The van der Waals surface area contributed by atoms with E-state index in [2.05, 4.69) is 15.6 Å². The maximum Gasteiger partial charge on any atom is 0.319 e. The van der Waals surface area contributed by atoms with Gasteiger partial charge in [0.2, 0.25) is 0 Å². The SMILES string of the molecule is Nc1ccccc1C1(NC(=O)Nc2ccncc2)CC1. The van der Waals surface area contributed by atoms with E-state index in [1.54, 1.807) is 24.5 Å². The summed E-state index contributed by atoms with van der Waals surface area (Å²) in [5.41, 5.74) is 8.10. The van der Waals surface area contributed by atoms with Gasteiger partial charge >= 0.3 is 6.03 Å². The highest BCUT2D eigenvalue weighted by atomic mass is 16.2. The van der Waals surface area contributed by atoms with Crippen LogP contribution in [0.1, 0.15) is 18.4 Å². The van der Waals surface area contributed by atoms with Crippen molar-refractivity contribution in [3.63, 3.8) is 0 Å². The van der Waals surface area contributed by atoms with Crippen LogP contribution in [0.5, 0.6) is 0 Å². The molecule has 1 aliphatic carbocycles. The molecule has 1 aromatic heterocycles. The van der Waals surface area contributed by atoms with Gasteiger partial charge in [-0.3, -0.25) is 4.98 Å². The summed E-state index contributed by atoms with van der Waals surface area (Å²) in [6.45, 7) is 0. The monoisotopic (exact) mass is 268 g/mol. The number of benzene rings is 1. The molecule has 1 heterocycles. The van der Waals surface area contributed by atoms with Crippen molar-refractivity contribution in [2.24, 2.45) is 0 Å². The fraction of sp³-hybridized carbons (Fsp3) is 0.200. The van der Waals surface area contributed by atoms with Gasteiger partial charge < -0.3 is 16.4 Å². The third-order valence-electron chi connectivity index (χ3n) is 3.52. The summed E-state index contributed by atoms with van der Waals surface area (Å²) in [4.78, 5) is 16.0. The van der Waals surface area contributed by atoms with Gasteiger partial charge in [0.15, 0.2) is 0 Å². The molecule has 4 N–H and O–H groups in total. The van der Waals surface area contributed by atoms with E-state index in [1.165, 1.54) is 0 Å². The predicted molar refractivity (Wildman–Crippen MR) is 78.2 cm³/mol. The Morgan fingerprint density at radius 3 is 2.50 bits per heavy atom. The maximum atomic E-state index is 12.1. The van der Waals surface area contributed by atoms with E-state index >= 15 is 0 Å². The number of para-hydroxylation sites is 1. The van der Waals surface area contributed by atoms with Crippen molar-refractivity contribution in [2.45, 2.75) is 18.4 Å². The van der Waals surface area contributed by atoms with Crippen molar-refractivity contribution >= 4 is 17.4 Å². The summed E-state index contributed by atoms with van der Waals surface area (Å²) in [5.74, 6) is 0. The van der Waals surface area contributed by atoms with Crippen molar-refractivity contribution in [1.82, 2.24) is 10.3 Å². The molecule has 5 nitrogen and oxygen atoms in total. The lowest BCUT2D eigenvalue weighted by Gasteiger charge is -2.20. The fourth-order valence-corrected chi connectivity index (χ4v) is 2.33. The summed E-state index contributed by atoms with van der Waals surface area (Å²) >= 11 is 0. The molecule has 2 amide bonds. The van der Waals surface area contributed by atoms with Gasteiger partial charge in [-0.15, -0.1) is 0 Å². The van der Waals surface area contributed by atoms with Gasteiger partial charge in [-0.05, 0) is 31.0 Å². The molecule has 3 rings (SSSR count).